The second-order valence-corrected chi connectivity index (χ2v) is 5.83. The number of hydrogen-bond donors (Lipinski definition) is 1. The van der Waals surface area contributed by atoms with Crippen molar-refractivity contribution in [2.24, 2.45) is 0 Å². The van der Waals surface area contributed by atoms with Gasteiger partial charge < -0.3 is 9.52 Å². The molecule has 0 atom stereocenters. The number of nitrogens with zero attached hydrogens (tertiary/aromatic N) is 3. The molecular weight excluding hydrogens is 334 g/mol. The molecule has 0 saturated carbocycles. The molecule has 7 nitrogen and oxygen atoms in total. The fourth-order valence-electron chi connectivity index (χ4n) is 3.00. The second kappa shape index (κ2) is 6.45. The Morgan fingerprint density at radius 2 is 1.85 bits per heavy atom. The van der Waals surface area contributed by atoms with Crippen molar-refractivity contribution in [2.75, 3.05) is 0 Å². The third-order valence-corrected chi connectivity index (χ3v) is 4.22. The molecule has 130 valence electrons. The van der Waals surface area contributed by atoms with Crippen LogP contribution in [0.25, 0.3) is 22.4 Å². The van der Waals surface area contributed by atoms with Gasteiger partial charge in [0.2, 0.25) is 0 Å². The lowest BCUT2D eigenvalue weighted by molar-refractivity contribution is -0.385. The maximum atomic E-state index is 11.3. The number of para-hydroxylation sites is 2. The summed E-state index contributed by atoms with van der Waals surface area (Å²) in [6, 6.07) is 17.7. The normalized spacial score (nSPS) is 11.1. The van der Waals surface area contributed by atoms with Crippen LogP contribution in [0.1, 0.15) is 11.3 Å². The van der Waals surface area contributed by atoms with Crippen molar-refractivity contribution in [3.63, 3.8) is 0 Å². The van der Waals surface area contributed by atoms with Crippen LogP contribution in [0.5, 0.6) is 0 Å². The van der Waals surface area contributed by atoms with Crippen LogP contribution in [-0.4, -0.2) is 19.8 Å². The van der Waals surface area contributed by atoms with E-state index < -0.39 is 0 Å². The number of nitro groups is 1. The van der Waals surface area contributed by atoms with Crippen molar-refractivity contribution in [1.29, 1.82) is 0 Å². The summed E-state index contributed by atoms with van der Waals surface area (Å²) in [7, 11) is 0. The van der Waals surface area contributed by atoms with Crippen molar-refractivity contribution in [2.45, 2.75) is 13.2 Å². The summed E-state index contributed by atoms with van der Waals surface area (Å²) in [6.45, 7) is 0.0834. The van der Waals surface area contributed by atoms with E-state index >= 15 is 0 Å². The molecule has 0 aliphatic heterocycles. The first kappa shape index (κ1) is 16.0. The lowest BCUT2D eigenvalue weighted by Gasteiger charge is -2.04. The van der Waals surface area contributed by atoms with Crippen molar-refractivity contribution in [1.82, 2.24) is 9.78 Å². The van der Waals surface area contributed by atoms with E-state index in [2.05, 4.69) is 5.10 Å². The van der Waals surface area contributed by atoms with Gasteiger partial charge in [-0.1, -0.05) is 36.4 Å². The molecule has 2 heterocycles. The fraction of sp³-hybridized carbons (Fsp3) is 0.105. The summed E-state index contributed by atoms with van der Waals surface area (Å²) < 4.78 is 7.35. The van der Waals surface area contributed by atoms with Gasteiger partial charge in [-0.3, -0.25) is 14.8 Å². The first-order valence-electron chi connectivity index (χ1n) is 8.05. The van der Waals surface area contributed by atoms with E-state index in [1.807, 2.05) is 24.3 Å². The van der Waals surface area contributed by atoms with Crippen molar-refractivity contribution in [3.05, 3.63) is 82.1 Å². The second-order valence-electron chi connectivity index (χ2n) is 5.83. The predicted octanol–water partition coefficient (Wildman–Crippen LogP) is 3.75. The summed E-state index contributed by atoms with van der Waals surface area (Å²) in [4.78, 5) is 10.9. The molecule has 0 unspecified atom stereocenters. The van der Waals surface area contributed by atoms with E-state index in [4.69, 9.17) is 4.42 Å². The summed E-state index contributed by atoms with van der Waals surface area (Å²) in [6.07, 6.45) is 0. The molecule has 26 heavy (non-hydrogen) atoms. The number of aromatic nitrogens is 2. The van der Waals surface area contributed by atoms with Crippen molar-refractivity contribution >= 4 is 16.6 Å². The van der Waals surface area contributed by atoms with Gasteiger partial charge >= 0.3 is 0 Å². The van der Waals surface area contributed by atoms with Crippen LogP contribution in [-0.2, 0) is 13.2 Å². The van der Waals surface area contributed by atoms with Crippen LogP contribution in [0, 0.1) is 10.1 Å². The molecule has 0 fully saturated rings. The van der Waals surface area contributed by atoms with Gasteiger partial charge in [-0.2, -0.15) is 5.10 Å². The zero-order valence-electron chi connectivity index (χ0n) is 13.7. The Morgan fingerprint density at radius 1 is 1.08 bits per heavy atom. The van der Waals surface area contributed by atoms with Crippen molar-refractivity contribution < 1.29 is 14.4 Å². The highest BCUT2D eigenvalue weighted by Crippen LogP contribution is 2.30. The van der Waals surface area contributed by atoms with E-state index in [1.165, 1.54) is 6.07 Å². The van der Waals surface area contributed by atoms with Gasteiger partial charge in [0.25, 0.3) is 5.69 Å². The van der Waals surface area contributed by atoms with Gasteiger partial charge in [-0.15, -0.1) is 0 Å². The molecule has 1 N–H and O–H groups in total. The number of hydrogen-bond acceptors (Lipinski definition) is 5. The molecule has 0 spiro atoms. The molecule has 7 heteroatoms. The Bertz CT molecular complexity index is 1100. The average Bonchev–Trinajstić information content (AvgIpc) is 3.27. The summed E-state index contributed by atoms with van der Waals surface area (Å²) in [5.74, 6) is 1.00. The summed E-state index contributed by atoms with van der Waals surface area (Å²) in [5, 5.41) is 26.0. The topological polar surface area (TPSA) is 94.3 Å². The summed E-state index contributed by atoms with van der Waals surface area (Å²) in [5.41, 5.74) is 2.13. The molecule has 4 rings (SSSR count). The minimum Gasteiger partial charge on any atom is -0.457 e. The molecule has 0 saturated heterocycles. The van der Waals surface area contributed by atoms with E-state index in [-0.39, 0.29) is 23.8 Å². The fourth-order valence-corrected chi connectivity index (χ4v) is 3.00. The highest BCUT2D eigenvalue weighted by molar-refractivity contribution is 5.92. The maximum Gasteiger partial charge on any atom is 0.274 e. The van der Waals surface area contributed by atoms with Crippen molar-refractivity contribution in [3.8, 4) is 11.5 Å². The van der Waals surface area contributed by atoms with Crippen LogP contribution in [0.4, 0.5) is 5.69 Å². The molecule has 4 aromatic rings. The Hall–Kier alpha value is -3.45. The minimum absolute atomic E-state index is 0.0641. The number of aliphatic hydroxyl groups excluding tert-OH is 1. The number of benzene rings is 2. The standard InChI is InChI=1S/C19H15N3O4/c23-12-14-9-10-18(26-14)19-15-6-2-4-8-17(15)21(20-19)11-13-5-1-3-7-16(13)22(24)25/h1-10,23H,11-12H2. The van der Waals surface area contributed by atoms with E-state index in [0.29, 0.717) is 22.8 Å². The van der Waals surface area contributed by atoms with Crippen LogP contribution in [0.3, 0.4) is 0 Å². The first-order chi connectivity index (χ1) is 12.7. The van der Waals surface area contributed by atoms with Gasteiger partial charge in [0.15, 0.2) is 5.76 Å². The van der Waals surface area contributed by atoms with Gasteiger partial charge in [-0.25, -0.2) is 0 Å². The molecule has 2 aromatic carbocycles. The molecule has 2 aromatic heterocycles. The predicted molar refractivity (Wildman–Crippen MR) is 95.6 cm³/mol. The van der Waals surface area contributed by atoms with Crippen LogP contribution in [0.15, 0.2) is 65.1 Å². The maximum absolute atomic E-state index is 11.3. The van der Waals surface area contributed by atoms with Gasteiger partial charge in [0.1, 0.15) is 18.1 Å². The Balaban J connectivity index is 1.83. The number of aliphatic hydroxyl groups is 1. The lowest BCUT2D eigenvalue weighted by Crippen LogP contribution is -2.04. The Labute approximate surface area is 148 Å². The van der Waals surface area contributed by atoms with Crippen LogP contribution in [0.2, 0.25) is 0 Å². The van der Waals surface area contributed by atoms with Gasteiger partial charge in [-0.05, 0) is 18.2 Å². The van der Waals surface area contributed by atoms with E-state index in [1.54, 1.807) is 35.0 Å². The van der Waals surface area contributed by atoms with Crippen LogP contribution >= 0.6 is 0 Å². The lowest BCUT2D eigenvalue weighted by atomic mass is 10.1. The number of rotatable bonds is 5. The monoisotopic (exact) mass is 349 g/mol. The molecule has 0 radical (unpaired) electrons. The molecule has 0 amide bonds. The number of furan rings is 1. The Kier molecular flexibility index (Phi) is 3.98. The highest BCUT2D eigenvalue weighted by atomic mass is 16.6. The molecular formula is C19H15N3O4. The molecule has 0 aliphatic carbocycles. The molecule has 0 bridgehead atoms. The highest BCUT2D eigenvalue weighted by Gasteiger charge is 2.18. The zero-order valence-corrected chi connectivity index (χ0v) is 13.7. The first-order valence-corrected chi connectivity index (χ1v) is 8.05. The Morgan fingerprint density at radius 3 is 2.62 bits per heavy atom. The average molecular weight is 349 g/mol. The third-order valence-electron chi connectivity index (χ3n) is 4.22. The van der Waals surface area contributed by atoms with Crippen LogP contribution < -0.4 is 0 Å². The SMILES string of the molecule is O=[N+]([O-])c1ccccc1Cn1nc(-c2ccc(CO)o2)c2ccccc21. The minimum atomic E-state index is -0.387. The van der Waals surface area contributed by atoms with E-state index in [9.17, 15) is 15.2 Å². The summed E-state index contributed by atoms with van der Waals surface area (Å²) >= 11 is 0. The van der Waals surface area contributed by atoms with Gasteiger partial charge in [0.05, 0.1) is 22.5 Å². The van der Waals surface area contributed by atoms with E-state index in [0.717, 1.165) is 10.9 Å². The number of nitro benzene ring substituents is 1. The zero-order chi connectivity index (χ0) is 18.1. The van der Waals surface area contributed by atoms with Gasteiger partial charge in [0, 0.05) is 11.5 Å². The smallest absolute Gasteiger partial charge is 0.274 e. The largest absolute Gasteiger partial charge is 0.457 e. The quantitative estimate of drug-likeness (QED) is 0.437. The molecule has 0 aliphatic rings. The number of fused-ring (bicyclic) bond motifs is 1. The third kappa shape index (κ3) is 2.74.